The zero-order valence-corrected chi connectivity index (χ0v) is 23.1. The summed E-state index contributed by atoms with van der Waals surface area (Å²) in [7, 11) is 1.72. The fourth-order valence-corrected chi connectivity index (χ4v) is 5.61. The van der Waals surface area contributed by atoms with Crippen LogP contribution in [0.1, 0.15) is 37.6 Å². The van der Waals surface area contributed by atoms with Gasteiger partial charge in [-0.15, -0.1) is 0 Å². The number of ether oxygens (including phenoxy) is 3. The van der Waals surface area contributed by atoms with Crippen molar-refractivity contribution < 1.29 is 28.6 Å². The first-order valence-electron chi connectivity index (χ1n) is 13.8. The number of ketones is 1. The van der Waals surface area contributed by atoms with Gasteiger partial charge in [-0.1, -0.05) is 13.8 Å². The molecule has 10 heteroatoms. The lowest BCUT2D eigenvalue weighted by Gasteiger charge is -2.36. The first-order chi connectivity index (χ1) is 18.3. The lowest BCUT2D eigenvalue weighted by Crippen LogP contribution is -2.52. The number of methoxy groups -OCH3 is 1. The van der Waals surface area contributed by atoms with Crippen LogP contribution >= 0.6 is 0 Å². The van der Waals surface area contributed by atoms with Gasteiger partial charge in [-0.05, 0) is 43.5 Å². The van der Waals surface area contributed by atoms with Crippen LogP contribution in [0.2, 0.25) is 0 Å². The predicted octanol–water partition coefficient (Wildman–Crippen LogP) is 1.18. The van der Waals surface area contributed by atoms with Crippen molar-refractivity contribution in [1.29, 1.82) is 0 Å². The average molecular weight is 531 g/mol. The maximum atomic E-state index is 13.7. The molecule has 0 saturated carbocycles. The molecule has 1 unspecified atom stereocenters. The van der Waals surface area contributed by atoms with Gasteiger partial charge in [0.2, 0.25) is 5.91 Å². The number of piperazine rings is 1. The van der Waals surface area contributed by atoms with Gasteiger partial charge in [0.15, 0.2) is 5.78 Å². The Morgan fingerprint density at radius 1 is 1.13 bits per heavy atom. The van der Waals surface area contributed by atoms with Crippen molar-refractivity contribution in [3.63, 3.8) is 0 Å². The summed E-state index contributed by atoms with van der Waals surface area (Å²) < 4.78 is 16.6. The fraction of sp³-hybridized carbons (Fsp3) is 0.679. The highest BCUT2D eigenvalue weighted by atomic mass is 16.6. The van der Waals surface area contributed by atoms with E-state index in [-0.39, 0.29) is 42.8 Å². The Balaban J connectivity index is 1.39. The van der Waals surface area contributed by atoms with Crippen molar-refractivity contribution in [2.24, 2.45) is 5.92 Å². The summed E-state index contributed by atoms with van der Waals surface area (Å²) in [5.41, 5.74) is 1.58. The van der Waals surface area contributed by atoms with Crippen LogP contribution in [0, 0.1) is 5.92 Å². The van der Waals surface area contributed by atoms with E-state index < -0.39 is 18.2 Å². The van der Waals surface area contributed by atoms with E-state index in [0.717, 1.165) is 45.0 Å². The van der Waals surface area contributed by atoms with Gasteiger partial charge in [-0.3, -0.25) is 19.3 Å². The fourth-order valence-electron chi connectivity index (χ4n) is 5.61. The second-order valence-corrected chi connectivity index (χ2v) is 10.7. The van der Waals surface area contributed by atoms with Gasteiger partial charge in [0.25, 0.3) is 5.91 Å². The van der Waals surface area contributed by atoms with Crippen LogP contribution in [0.5, 0.6) is 0 Å². The lowest BCUT2D eigenvalue weighted by atomic mass is 10.0. The molecule has 0 radical (unpaired) electrons. The van der Waals surface area contributed by atoms with E-state index in [4.69, 9.17) is 14.2 Å². The molecule has 1 N–H and O–H groups in total. The van der Waals surface area contributed by atoms with Gasteiger partial charge in [-0.2, -0.15) is 0 Å². The Morgan fingerprint density at radius 3 is 2.47 bits per heavy atom. The van der Waals surface area contributed by atoms with Crippen LogP contribution in [0.3, 0.4) is 0 Å². The minimum Gasteiger partial charge on any atom is -0.383 e. The number of nitrogens with one attached hydrogen (secondary N) is 1. The number of carbonyl (C=O) groups excluding carboxylic acids is 3. The largest absolute Gasteiger partial charge is 0.383 e. The molecule has 1 aromatic rings. The van der Waals surface area contributed by atoms with Crippen LogP contribution in [0.25, 0.3) is 0 Å². The number of fused-ring (bicyclic) bond motifs is 1. The number of benzene rings is 1. The maximum absolute atomic E-state index is 13.7. The highest BCUT2D eigenvalue weighted by molar-refractivity contribution is 5.99. The Labute approximate surface area is 225 Å². The van der Waals surface area contributed by atoms with Gasteiger partial charge in [0, 0.05) is 57.7 Å². The summed E-state index contributed by atoms with van der Waals surface area (Å²) in [6.45, 7) is 12.1. The van der Waals surface area contributed by atoms with E-state index in [1.165, 1.54) is 0 Å². The summed E-state index contributed by atoms with van der Waals surface area (Å²) in [5, 5.41) is 2.95. The van der Waals surface area contributed by atoms with Gasteiger partial charge in [0.05, 0.1) is 13.2 Å². The summed E-state index contributed by atoms with van der Waals surface area (Å²) in [5.74, 6) is -0.502. The van der Waals surface area contributed by atoms with Crippen LogP contribution in [-0.4, -0.2) is 118 Å². The highest BCUT2D eigenvalue weighted by Gasteiger charge is 2.53. The number of amides is 2. The molecule has 0 aromatic heterocycles. The van der Waals surface area contributed by atoms with E-state index in [9.17, 15) is 14.4 Å². The van der Waals surface area contributed by atoms with Crippen LogP contribution in [-0.2, 0) is 23.8 Å². The molecule has 4 atom stereocenters. The molecule has 1 aromatic carbocycles. The molecule has 4 rings (SSSR count). The molecule has 210 valence electrons. The summed E-state index contributed by atoms with van der Waals surface area (Å²) >= 11 is 0. The predicted molar refractivity (Wildman–Crippen MR) is 143 cm³/mol. The number of hydrogen-bond acceptors (Lipinski definition) is 8. The molecule has 3 fully saturated rings. The molecule has 3 heterocycles. The molecule has 2 amide bonds. The van der Waals surface area contributed by atoms with Crippen molar-refractivity contribution in [2.45, 2.75) is 51.5 Å². The summed E-state index contributed by atoms with van der Waals surface area (Å²) in [4.78, 5) is 45.7. The van der Waals surface area contributed by atoms with Crippen molar-refractivity contribution in [3.05, 3.63) is 29.8 Å². The minimum atomic E-state index is -0.739. The van der Waals surface area contributed by atoms with Crippen molar-refractivity contribution in [1.82, 2.24) is 15.1 Å². The molecular weight excluding hydrogens is 488 g/mol. The Hall–Kier alpha value is -2.53. The third kappa shape index (κ3) is 6.54. The minimum absolute atomic E-state index is 0.0154. The number of anilines is 1. The average Bonchev–Trinajstić information content (AvgIpc) is 3.47. The quantitative estimate of drug-likeness (QED) is 0.455. The van der Waals surface area contributed by atoms with E-state index in [2.05, 4.69) is 15.1 Å². The highest BCUT2D eigenvalue weighted by Crippen LogP contribution is 2.30. The van der Waals surface area contributed by atoms with E-state index in [0.29, 0.717) is 18.6 Å². The van der Waals surface area contributed by atoms with Crippen molar-refractivity contribution in [2.75, 3.05) is 71.1 Å². The molecule has 3 aliphatic rings. The molecule has 38 heavy (non-hydrogen) atoms. The number of hydrogen-bond donors (Lipinski definition) is 1. The van der Waals surface area contributed by atoms with E-state index >= 15 is 0 Å². The van der Waals surface area contributed by atoms with Crippen molar-refractivity contribution >= 4 is 23.3 Å². The lowest BCUT2D eigenvalue weighted by molar-refractivity contribution is -0.138. The second-order valence-electron chi connectivity index (χ2n) is 10.7. The number of likely N-dealkylation sites (tertiary alicyclic amines) is 1. The third-order valence-corrected chi connectivity index (χ3v) is 7.59. The third-order valence-electron chi connectivity index (χ3n) is 7.59. The normalized spacial score (nSPS) is 24.7. The van der Waals surface area contributed by atoms with Crippen LogP contribution in [0.15, 0.2) is 24.3 Å². The Bertz CT molecular complexity index is 963. The number of Topliss-reactive ketones (excluding diaryl/α,β-unsaturated/α-hetero) is 1. The summed E-state index contributed by atoms with van der Waals surface area (Å²) in [6, 6.07) is 6.15. The van der Waals surface area contributed by atoms with E-state index in [1.807, 2.05) is 45.0 Å². The zero-order valence-electron chi connectivity index (χ0n) is 23.1. The van der Waals surface area contributed by atoms with Gasteiger partial charge < -0.3 is 29.3 Å². The van der Waals surface area contributed by atoms with Gasteiger partial charge in [0.1, 0.15) is 30.9 Å². The number of nitrogens with zero attached hydrogens (tertiary/aromatic N) is 3. The summed E-state index contributed by atoms with van der Waals surface area (Å²) in [6.07, 6.45) is -0.320. The van der Waals surface area contributed by atoms with Crippen molar-refractivity contribution in [3.8, 4) is 0 Å². The number of carbonyl (C=O) groups is 3. The molecule has 3 aliphatic heterocycles. The Kier molecular flexibility index (Phi) is 9.75. The second kappa shape index (κ2) is 13.0. The standard InChI is InChI=1S/C28H42N4O6/c1-5-37-24-17-32(25-23(33)18-38-26(24)25)28(35)22(16-19(2)3)29-27(34)20-6-8-21(9-7-20)31-12-10-30(11-13-31)14-15-36-4/h6-9,19,22,24-26H,5,10-18H2,1-4H3,(H,29,34)/t22?,24-,25+,26+/m0/s1. The van der Waals surface area contributed by atoms with Gasteiger partial charge in [-0.25, -0.2) is 0 Å². The van der Waals surface area contributed by atoms with Crippen LogP contribution in [0.4, 0.5) is 5.69 Å². The Morgan fingerprint density at radius 2 is 1.84 bits per heavy atom. The molecule has 0 spiro atoms. The van der Waals surface area contributed by atoms with Gasteiger partial charge >= 0.3 is 0 Å². The molecule has 3 saturated heterocycles. The first kappa shape index (κ1) is 28.5. The molecule has 10 nitrogen and oxygen atoms in total. The maximum Gasteiger partial charge on any atom is 0.251 e. The van der Waals surface area contributed by atoms with Crippen LogP contribution < -0.4 is 10.2 Å². The monoisotopic (exact) mass is 530 g/mol. The zero-order chi connectivity index (χ0) is 27.2. The molecule has 0 bridgehead atoms. The molecular formula is C28H42N4O6. The topological polar surface area (TPSA) is 101 Å². The SMILES string of the molecule is CCO[C@H]1CN(C(=O)C(CC(C)C)NC(=O)c2ccc(N3CCN(CCOC)CC3)cc2)[C@@H]2C(=O)CO[C@H]12. The van der Waals surface area contributed by atoms with E-state index in [1.54, 1.807) is 12.0 Å². The molecule has 0 aliphatic carbocycles. The smallest absolute Gasteiger partial charge is 0.251 e. The first-order valence-corrected chi connectivity index (χ1v) is 13.8. The number of rotatable bonds is 11.